The number of nitrogens with zero attached hydrogens (tertiary/aromatic N) is 7. The minimum atomic E-state index is -4.86. The highest BCUT2D eigenvalue weighted by Gasteiger charge is 2.38. The Morgan fingerprint density at radius 1 is 0.938 bits per heavy atom. The van der Waals surface area contributed by atoms with Crippen LogP contribution in [0.2, 0.25) is 0 Å². The molecule has 0 aromatic carbocycles. The molecule has 0 radical (unpaired) electrons. The van der Waals surface area contributed by atoms with Gasteiger partial charge in [-0.15, -0.1) is 0 Å². The van der Waals surface area contributed by atoms with Crippen LogP contribution in [-0.4, -0.2) is 88.6 Å². The molecule has 11 nitrogen and oxygen atoms in total. The monoisotopic (exact) mass is 455 g/mol. The summed E-state index contributed by atoms with van der Waals surface area (Å²) in [5.74, 6) is -1.58. The maximum atomic E-state index is 13.8. The summed E-state index contributed by atoms with van der Waals surface area (Å²) in [7, 11) is 0. The molecule has 172 valence electrons. The van der Waals surface area contributed by atoms with Crippen molar-refractivity contribution in [2.45, 2.75) is 12.6 Å². The smallest absolute Gasteiger partial charge is 0.434 e. The number of carboxylic acids is 1. The van der Waals surface area contributed by atoms with Gasteiger partial charge in [-0.25, -0.2) is 9.97 Å². The molecule has 2 fully saturated rings. The summed E-state index contributed by atoms with van der Waals surface area (Å²) in [5, 5.41) is 8.88. The normalized spacial score (nSPS) is 17.5. The number of anilines is 2. The van der Waals surface area contributed by atoms with E-state index in [9.17, 15) is 18.0 Å². The zero-order valence-electron chi connectivity index (χ0n) is 16.9. The molecule has 0 atom stereocenters. The number of morpholine rings is 2. The number of hydrogen-bond donors (Lipinski definition) is 1. The number of aromatic nitrogens is 5. The Kier molecular flexibility index (Phi) is 6.32. The van der Waals surface area contributed by atoms with Gasteiger partial charge in [-0.1, -0.05) is 0 Å². The molecule has 0 bridgehead atoms. The van der Waals surface area contributed by atoms with E-state index in [4.69, 9.17) is 14.6 Å². The van der Waals surface area contributed by atoms with Crippen LogP contribution in [0, 0.1) is 0 Å². The van der Waals surface area contributed by atoms with Gasteiger partial charge >= 0.3 is 12.1 Å². The van der Waals surface area contributed by atoms with E-state index >= 15 is 0 Å². The van der Waals surface area contributed by atoms with Gasteiger partial charge in [-0.3, -0.25) is 4.79 Å². The van der Waals surface area contributed by atoms with Gasteiger partial charge in [0.1, 0.15) is 12.2 Å². The first kappa shape index (κ1) is 22.1. The summed E-state index contributed by atoms with van der Waals surface area (Å²) in [6.45, 7) is 3.67. The number of ether oxygens (including phenoxy) is 2. The summed E-state index contributed by atoms with van der Waals surface area (Å²) < 4.78 is 52.1. The first-order chi connectivity index (χ1) is 15.3. The minimum absolute atomic E-state index is 0.225. The molecule has 4 heterocycles. The quantitative estimate of drug-likeness (QED) is 0.683. The first-order valence-corrected chi connectivity index (χ1v) is 9.88. The Balaban J connectivity index is 1.81. The third kappa shape index (κ3) is 5.02. The molecule has 0 unspecified atom stereocenters. The molecule has 0 spiro atoms. The van der Waals surface area contributed by atoms with Crippen LogP contribution in [-0.2, 0) is 26.9 Å². The van der Waals surface area contributed by atoms with Crippen molar-refractivity contribution in [3.05, 3.63) is 17.7 Å². The van der Waals surface area contributed by atoms with E-state index in [1.54, 1.807) is 0 Å². The summed E-state index contributed by atoms with van der Waals surface area (Å²) in [6, 6.07) is 0. The predicted molar refractivity (Wildman–Crippen MR) is 103 cm³/mol. The lowest BCUT2D eigenvalue weighted by Crippen LogP contribution is -2.40. The van der Waals surface area contributed by atoms with Crippen molar-refractivity contribution in [3.63, 3.8) is 0 Å². The highest BCUT2D eigenvalue weighted by atomic mass is 19.4. The molecule has 2 aliphatic rings. The van der Waals surface area contributed by atoms with Gasteiger partial charge in [0.25, 0.3) is 0 Å². The number of aliphatic carboxylic acids is 1. The molecule has 1 N–H and O–H groups in total. The van der Waals surface area contributed by atoms with Gasteiger partial charge in [0.2, 0.25) is 11.9 Å². The third-order valence-corrected chi connectivity index (χ3v) is 4.86. The Labute approximate surface area is 180 Å². The summed E-state index contributed by atoms with van der Waals surface area (Å²) in [5.41, 5.74) is -1.74. The van der Waals surface area contributed by atoms with E-state index < -0.39 is 35.6 Å². The van der Waals surface area contributed by atoms with Crippen molar-refractivity contribution in [3.8, 4) is 11.4 Å². The lowest BCUT2D eigenvalue weighted by atomic mass is 10.2. The summed E-state index contributed by atoms with van der Waals surface area (Å²) in [6.07, 6.45) is -4.69. The molecule has 0 saturated carbocycles. The van der Waals surface area contributed by atoms with Gasteiger partial charge in [0, 0.05) is 32.4 Å². The molecule has 4 rings (SSSR count). The van der Waals surface area contributed by atoms with Crippen molar-refractivity contribution < 1.29 is 32.5 Å². The lowest BCUT2D eigenvalue weighted by Gasteiger charge is -2.30. The SMILES string of the molecule is O=C(O)Cc1ncc(-c2nc(N3CCOCC3)nc(N3CCOCC3)n2)c(C(F)(F)F)n1. The fourth-order valence-electron chi connectivity index (χ4n) is 3.30. The molecule has 2 aliphatic heterocycles. The predicted octanol–water partition coefficient (Wildman–Crippen LogP) is 0.648. The third-order valence-electron chi connectivity index (χ3n) is 4.86. The Morgan fingerprint density at radius 3 is 1.94 bits per heavy atom. The molecule has 0 amide bonds. The largest absolute Gasteiger partial charge is 0.481 e. The van der Waals surface area contributed by atoms with Crippen LogP contribution in [0.3, 0.4) is 0 Å². The lowest BCUT2D eigenvalue weighted by molar-refractivity contribution is -0.141. The van der Waals surface area contributed by atoms with Gasteiger partial charge < -0.3 is 24.4 Å². The van der Waals surface area contributed by atoms with Crippen LogP contribution in [0.4, 0.5) is 25.1 Å². The highest BCUT2D eigenvalue weighted by Crippen LogP contribution is 2.35. The molecule has 2 saturated heterocycles. The average Bonchev–Trinajstić information content (AvgIpc) is 2.79. The number of carbonyl (C=O) groups is 1. The van der Waals surface area contributed by atoms with Crippen LogP contribution < -0.4 is 9.80 Å². The second kappa shape index (κ2) is 9.16. The molecule has 0 aliphatic carbocycles. The van der Waals surface area contributed by atoms with Gasteiger partial charge in [0.05, 0.1) is 32.0 Å². The van der Waals surface area contributed by atoms with E-state index in [0.29, 0.717) is 52.6 Å². The maximum absolute atomic E-state index is 13.8. The number of carboxylic acid groups (broad SMARTS) is 1. The van der Waals surface area contributed by atoms with Crippen LogP contribution in [0.15, 0.2) is 6.20 Å². The number of alkyl halides is 3. The topological polar surface area (TPSA) is 127 Å². The fourth-order valence-corrected chi connectivity index (χ4v) is 3.30. The van der Waals surface area contributed by atoms with Gasteiger partial charge in [0.15, 0.2) is 11.5 Å². The second-order valence-electron chi connectivity index (χ2n) is 7.07. The zero-order valence-corrected chi connectivity index (χ0v) is 16.9. The molecule has 2 aromatic heterocycles. The Morgan fingerprint density at radius 2 is 1.47 bits per heavy atom. The van der Waals surface area contributed by atoms with Crippen LogP contribution in [0.25, 0.3) is 11.4 Å². The molecule has 2 aromatic rings. The van der Waals surface area contributed by atoms with E-state index in [1.807, 2.05) is 9.80 Å². The number of rotatable bonds is 5. The standard InChI is InChI=1S/C18H20F3N7O4/c19-18(20,21)14-11(10-22-12(23-14)9-13(29)30)15-24-16(27-1-5-31-6-2-27)26-17(25-15)28-3-7-32-8-4-28/h10H,1-9H2,(H,29,30). The van der Waals surface area contributed by atoms with E-state index in [1.165, 1.54) is 0 Å². The highest BCUT2D eigenvalue weighted by molar-refractivity contribution is 5.69. The fraction of sp³-hybridized carbons (Fsp3) is 0.556. The molecule has 32 heavy (non-hydrogen) atoms. The number of halogens is 3. The van der Waals surface area contributed by atoms with Gasteiger partial charge in [-0.2, -0.15) is 28.1 Å². The van der Waals surface area contributed by atoms with Crippen molar-refractivity contribution in [1.82, 2.24) is 24.9 Å². The first-order valence-electron chi connectivity index (χ1n) is 9.88. The summed E-state index contributed by atoms with van der Waals surface area (Å²) >= 11 is 0. The number of hydrogen-bond acceptors (Lipinski definition) is 10. The average molecular weight is 455 g/mol. The van der Waals surface area contributed by atoms with E-state index in [2.05, 4.69) is 24.9 Å². The van der Waals surface area contributed by atoms with E-state index in [-0.39, 0.29) is 17.7 Å². The Hall–Kier alpha value is -3.13. The second-order valence-corrected chi connectivity index (χ2v) is 7.07. The van der Waals surface area contributed by atoms with Crippen LogP contribution in [0.1, 0.15) is 11.5 Å². The van der Waals surface area contributed by atoms with Crippen molar-refractivity contribution in [2.75, 3.05) is 62.4 Å². The molecular formula is C18H20F3N7O4. The van der Waals surface area contributed by atoms with Crippen molar-refractivity contribution in [2.24, 2.45) is 0 Å². The van der Waals surface area contributed by atoms with Crippen molar-refractivity contribution in [1.29, 1.82) is 0 Å². The van der Waals surface area contributed by atoms with Crippen molar-refractivity contribution >= 4 is 17.9 Å². The minimum Gasteiger partial charge on any atom is -0.481 e. The Bertz CT molecular complexity index is 943. The van der Waals surface area contributed by atoms with E-state index in [0.717, 1.165) is 6.20 Å². The van der Waals surface area contributed by atoms with Gasteiger partial charge in [-0.05, 0) is 0 Å². The zero-order chi connectivity index (χ0) is 22.7. The molecule has 14 heteroatoms. The summed E-state index contributed by atoms with van der Waals surface area (Å²) in [4.78, 5) is 34.8. The maximum Gasteiger partial charge on any atom is 0.434 e. The molecular weight excluding hydrogens is 435 g/mol. The van der Waals surface area contributed by atoms with Crippen LogP contribution in [0.5, 0.6) is 0 Å². The van der Waals surface area contributed by atoms with Crippen LogP contribution >= 0.6 is 0 Å².